The number of azide groups is 1. The summed E-state index contributed by atoms with van der Waals surface area (Å²) in [6.45, 7) is 0. The molecule has 5 heteroatoms. The number of methoxy groups -OCH3 is 1. The van der Waals surface area contributed by atoms with Gasteiger partial charge in [-0.3, -0.25) is 4.79 Å². The second kappa shape index (κ2) is 5.89. The van der Waals surface area contributed by atoms with Crippen LogP contribution in [0.3, 0.4) is 0 Å². The first-order valence-electron chi connectivity index (χ1n) is 5.84. The Bertz CT molecular complexity index is 648. The number of fused-ring (bicyclic) bond motifs is 1. The van der Waals surface area contributed by atoms with Gasteiger partial charge in [0, 0.05) is 4.91 Å². The molecule has 0 heterocycles. The van der Waals surface area contributed by atoms with Crippen molar-refractivity contribution in [1.29, 1.82) is 0 Å². The molecule has 0 N–H and O–H groups in total. The third kappa shape index (κ3) is 3.03. The second-order valence-corrected chi connectivity index (χ2v) is 4.13. The summed E-state index contributed by atoms with van der Waals surface area (Å²) in [5, 5.41) is 5.69. The van der Waals surface area contributed by atoms with Crippen molar-refractivity contribution in [3.05, 3.63) is 58.5 Å². The highest BCUT2D eigenvalue weighted by Gasteiger charge is 2.17. The van der Waals surface area contributed by atoms with Gasteiger partial charge in [-0.25, -0.2) is 0 Å². The molecule has 0 radical (unpaired) electrons. The number of rotatable bonds is 4. The number of ether oxygens (including phenoxy) is 1. The maximum absolute atomic E-state index is 11.5. The summed E-state index contributed by atoms with van der Waals surface area (Å²) in [6, 6.07) is 13.0. The van der Waals surface area contributed by atoms with Gasteiger partial charge < -0.3 is 4.74 Å². The van der Waals surface area contributed by atoms with Crippen LogP contribution in [0.1, 0.15) is 5.56 Å². The average Bonchev–Trinajstić information content (AvgIpc) is 2.46. The second-order valence-electron chi connectivity index (χ2n) is 4.13. The van der Waals surface area contributed by atoms with Gasteiger partial charge in [0.25, 0.3) is 0 Å². The van der Waals surface area contributed by atoms with E-state index in [4.69, 9.17) is 5.53 Å². The maximum Gasteiger partial charge on any atom is 0.314 e. The molecule has 0 amide bonds. The van der Waals surface area contributed by atoms with Crippen LogP contribution in [0.4, 0.5) is 0 Å². The zero-order valence-corrected chi connectivity index (χ0v) is 10.5. The average molecular weight is 255 g/mol. The Labute approximate surface area is 110 Å². The van der Waals surface area contributed by atoms with E-state index < -0.39 is 12.0 Å². The molecule has 0 spiro atoms. The third-order valence-electron chi connectivity index (χ3n) is 2.91. The molecule has 2 aromatic carbocycles. The molecule has 0 saturated heterocycles. The van der Waals surface area contributed by atoms with E-state index in [0.29, 0.717) is 6.42 Å². The van der Waals surface area contributed by atoms with E-state index in [0.717, 1.165) is 16.3 Å². The monoisotopic (exact) mass is 255 g/mol. The van der Waals surface area contributed by atoms with E-state index >= 15 is 0 Å². The van der Waals surface area contributed by atoms with Gasteiger partial charge in [0.05, 0.1) is 7.11 Å². The summed E-state index contributed by atoms with van der Waals surface area (Å²) in [6.07, 6.45) is 0.335. The van der Waals surface area contributed by atoms with Crippen molar-refractivity contribution >= 4 is 16.7 Å². The van der Waals surface area contributed by atoms with E-state index in [1.54, 1.807) is 0 Å². The number of nitrogens with zero attached hydrogens (tertiary/aromatic N) is 3. The Balaban J connectivity index is 2.28. The number of benzene rings is 2. The lowest BCUT2D eigenvalue weighted by molar-refractivity contribution is -0.142. The largest absolute Gasteiger partial charge is 0.469 e. The molecule has 0 saturated carbocycles. The first-order chi connectivity index (χ1) is 9.24. The molecule has 1 atom stereocenters. The fraction of sp³-hybridized carbons (Fsp3) is 0.214. The first kappa shape index (κ1) is 12.9. The van der Waals surface area contributed by atoms with Gasteiger partial charge in [0.1, 0.15) is 6.04 Å². The van der Waals surface area contributed by atoms with E-state index in [1.165, 1.54) is 7.11 Å². The molecule has 0 fully saturated rings. The number of carbonyl (C=O) groups excluding carboxylic acids is 1. The Morgan fingerprint density at radius 2 is 2.05 bits per heavy atom. The fourth-order valence-corrected chi connectivity index (χ4v) is 1.96. The fourth-order valence-electron chi connectivity index (χ4n) is 1.96. The van der Waals surface area contributed by atoms with Crippen LogP contribution in [0.5, 0.6) is 0 Å². The number of esters is 1. The molecule has 0 aliphatic rings. The third-order valence-corrected chi connectivity index (χ3v) is 2.91. The van der Waals surface area contributed by atoms with Crippen molar-refractivity contribution in [2.45, 2.75) is 12.5 Å². The lowest BCUT2D eigenvalue weighted by Gasteiger charge is -2.09. The van der Waals surface area contributed by atoms with Crippen molar-refractivity contribution in [2.75, 3.05) is 7.11 Å². The smallest absolute Gasteiger partial charge is 0.314 e. The van der Waals surface area contributed by atoms with Crippen molar-refractivity contribution in [1.82, 2.24) is 0 Å². The van der Waals surface area contributed by atoms with Crippen LogP contribution < -0.4 is 0 Å². The van der Waals surface area contributed by atoms with Gasteiger partial charge in [-0.1, -0.05) is 47.6 Å². The van der Waals surface area contributed by atoms with Crippen molar-refractivity contribution in [2.24, 2.45) is 5.11 Å². The molecular weight excluding hydrogens is 242 g/mol. The van der Waals surface area contributed by atoms with Gasteiger partial charge in [-0.15, -0.1) is 0 Å². The number of hydrogen-bond donors (Lipinski definition) is 0. The molecule has 0 aliphatic heterocycles. The lowest BCUT2D eigenvalue weighted by Crippen LogP contribution is -2.22. The highest BCUT2D eigenvalue weighted by Crippen LogP contribution is 2.17. The number of hydrogen-bond acceptors (Lipinski definition) is 3. The van der Waals surface area contributed by atoms with E-state index in [9.17, 15) is 4.79 Å². The summed E-state index contributed by atoms with van der Waals surface area (Å²) >= 11 is 0. The summed E-state index contributed by atoms with van der Waals surface area (Å²) < 4.78 is 4.62. The van der Waals surface area contributed by atoms with Crippen LogP contribution in [0.25, 0.3) is 21.2 Å². The normalized spacial score (nSPS) is 11.6. The topological polar surface area (TPSA) is 75.1 Å². The molecule has 96 valence electrons. The van der Waals surface area contributed by atoms with E-state index in [-0.39, 0.29) is 0 Å². The molecule has 0 bridgehead atoms. The maximum atomic E-state index is 11.5. The van der Waals surface area contributed by atoms with Crippen LogP contribution in [-0.2, 0) is 16.0 Å². The minimum Gasteiger partial charge on any atom is -0.469 e. The number of carbonyl (C=O) groups is 1. The van der Waals surface area contributed by atoms with Gasteiger partial charge in [-0.2, -0.15) is 0 Å². The van der Waals surface area contributed by atoms with Gasteiger partial charge in [0.15, 0.2) is 0 Å². The standard InChI is InChI=1S/C14H13N3O2/c1-19-14(18)13(16-17-15)9-10-6-7-11-4-2-3-5-12(11)8-10/h2-8,13H,9H2,1H3/t13-/m1/s1. The molecule has 0 aliphatic carbocycles. The van der Waals surface area contributed by atoms with Gasteiger partial charge in [-0.05, 0) is 28.3 Å². The summed E-state index contributed by atoms with van der Waals surface area (Å²) in [4.78, 5) is 14.2. The van der Waals surface area contributed by atoms with Crippen LogP contribution in [0, 0.1) is 0 Å². The molecule has 19 heavy (non-hydrogen) atoms. The van der Waals surface area contributed by atoms with Crippen LogP contribution >= 0.6 is 0 Å². The summed E-state index contributed by atoms with van der Waals surface area (Å²) in [5.41, 5.74) is 9.41. The Kier molecular flexibility index (Phi) is 4.00. The van der Waals surface area contributed by atoms with Crippen molar-refractivity contribution < 1.29 is 9.53 Å². The Morgan fingerprint density at radius 3 is 2.74 bits per heavy atom. The highest BCUT2D eigenvalue weighted by molar-refractivity contribution is 5.83. The molecule has 0 unspecified atom stereocenters. The minimum absolute atomic E-state index is 0.335. The lowest BCUT2D eigenvalue weighted by atomic mass is 10.0. The van der Waals surface area contributed by atoms with E-state index in [2.05, 4.69) is 14.8 Å². The molecule has 2 rings (SSSR count). The zero-order valence-electron chi connectivity index (χ0n) is 10.5. The first-order valence-corrected chi connectivity index (χ1v) is 5.84. The van der Waals surface area contributed by atoms with Gasteiger partial charge in [0.2, 0.25) is 0 Å². The molecule has 2 aromatic rings. The van der Waals surface area contributed by atoms with Crippen LogP contribution in [0.2, 0.25) is 0 Å². The molecule has 0 aromatic heterocycles. The highest BCUT2D eigenvalue weighted by atomic mass is 16.5. The van der Waals surface area contributed by atoms with E-state index in [1.807, 2.05) is 42.5 Å². The zero-order chi connectivity index (χ0) is 13.7. The van der Waals surface area contributed by atoms with Crippen molar-refractivity contribution in [3.63, 3.8) is 0 Å². The Morgan fingerprint density at radius 1 is 1.32 bits per heavy atom. The molecular formula is C14H13N3O2. The molecule has 5 nitrogen and oxygen atoms in total. The predicted octanol–water partition coefficient (Wildman–Crippen LogP) is 3.23. The Hall–Kier alpha value is -2.52. The minimum atomic E-state index is -0.823. The van der Waals surface area contributed by atoms with Gasteiger partial charge >= 0.3 is 5.97 Å². The summed E-state index contributed by atoms with van der Waals surface area (Å²) in [5.74, 6) is -0.522. The van der Waals surface area contributed by atoms with Crippen LogP contribution in [-0.4, -0.2) is 19.1 Å². The summed E-state index contributed by atoms with van der Waals surface area (Å²) in [7, 11) is 1.28. The quantitative estimate of drug-likeness (QED) is 0.364. The predicted molar refractivity (Wildman–Crippen MR) is 72.6 cm³/mol. The van der Waals surface area contributed by atoms with Crippen molar-refractivity contribution in [3.8, 4) is 0 Å². The SMILES string of the molecule is COC(=O)[C@@H](Cc1ccc2ccccc2c1)N=[N+]=[N-]. The van der Waals surface area contributed by atoms with Crippen LogP contribution in [0.15, 0.2) is 47.6 Å².